The van der Waals surface area contributed by atoms with Crippen LogP contribution in [0.2, 0.25) is 0 Å². The Bertz CT molecular complexity index is 882. The maximum Gasteiger partial charge on any atom is 0.237 e. The summed E-state index contributed by atoms with van der Waals surface area (Å²) in [7, 11) is 0. The smallest absolute Gasteiger partial charge is 0.237 e. The van der Waals surface area contributed by atoms with Crippen molar-refractivity contribution in [2.45, 2.75) is 17.3 Å². The molecule has 2 N–H and O–H groups in total. The number of aromatic nitrogens is 3. The van der Waals surface area contributed by atoms with Crippen molar-refractivity contribution >= 4 is 34.7 Å². The largest absolute Gasteiger partial charge is 0.324 e. The van der Waals surface area contributed by atoms with E-state index in [1.54, 1.807) is 42.5 Å². The van der Waals surface area contributed by atoms with Crippen molar-refractivity contribution in [2.24, 2.45) is 0 Å². The number of nitrogens with one attached hydrogen (secondary N) is 2. The lowest BCUT2D eigenvalue weighted by atomic mass is 10.2. The van der Waals surface area contributed by atoms with Crippen LogP contribution >= 0.6 is 23.1 Å². The summed E-state index contributed by atoms with van der Waals surface area (Å²) in [5, 5.41) is 20.9. The average Bonchev–Trinajstić information content (AvgIpc) is 3.26. The molecule has 2 aromatic heterocycles. The third-order valence-electron chi connectivity index (χ3n) is 3.18. The minimum Gasteiger partial charge on any atom is -0.324 e. The number of hydrogen-bond acceptors (Lipinski definition) is 6. The van der Waals surface area contributed by atoms with Crippen LogP contribution in [-0.2, 0) is 4.79 Å². The zero-order valence-corrected chi connectivity index (χ0v) is 14.3. The van der Waals surface area contributed by atoms with Crippen LogP contribution in [0.25, 0.3) is 10.7 Å². The summed E-state index contributed by atoms with van der Waals surface area (Å²) < 4.78 is 0. The third kappa shape index (κ3) is 3.64. The van der Waals surface area contributed by atoms with Crippen LogP contribution in [0.4, 0.5) is 5.69 Å². The Morgan fingerprint density at radius 3 is 2.96 bits per heavy atom. The van der Waals surface area contributed by atoms with Gasteiger partial charge in [0.2, 0.25) is 11.1 Å². The number of para-hydroxylation sites is 1. The molecule has 8 heteroatoms. The molecule has 2 heterocycles. The van der Waals surface area contributed by atoms with Crippen LogP contribution < -0.4 is 5.32 Å². The molecule has 1 aromatic carbocycles. The second-order valence-electron chi connectivity index (χ2n) is 4.85. The van der Waals surface area contributed by atoms with Gasteiger partial charge in [-0.15, -0.1) is 16.4 Å². The van der Waals surface area contributed by atoms with Gasteiger partial charge in [-0.05, 0) is 30.5 Å². The van der Waals surface area contributed by atoms with E-state index in [4.69, 9.17) is 5.26 Å². The van der Waals surface area contributed by atoms with Crippen LogP contribution in [0.3, 0.4) is 0 Å². The number of carbonyl (C=O) groups excluding carboxylic acids is 1. The molecular weight excluding hydrogens is 342 g/mol. The topological polar surface area (TPSA) is 94.5 Å². The number of thioether (sulfide) groups is 1. The quantitative estimate of drug-likeness (QED) is 0.683. The summed E-state index contributed by atoms with van der Waals surface area (Å²) in [6.07, 6.45) is 0. The minimum atomic E-state index is -0.399. The molecule has 0 saturated carbocycles. The van der Waals surface area contributed by atoms with Crippen LogP contribution in [0.15, 0.2) is 46.9 Å². The van der Waals surface area contributed by atoms with Gasteiger partial charge in [-0.3, -0.25) is 9.89 Å². The SMILES string of the molecule is CC(Sc1n[nH]c(-c2cccs2)n1)C(=O)Nc1ccccc1C#N. The van der Waals surface area contributed by atoms with Gasteiger partial charge in [0.05, 0.1) is 21.4 Å². The van der Waals surface area contributed by atoms with E-state index in [1.165, 1.54) is 11.8 Å². The highest BCUT2D eigenvalue weighted by atomic mass is 32.2. The molecule has 6 nitrogen and oxygen atoms in total. The van der Waals surface area contributed by atoms with E-state index in [0.29, 0.717) is 22.2 Å². The second-order valence-corrected chi connectivity index (χ2v) is 7.11. The fourth-order valence-electron chi connectivity index (χ4n) is 1.96. The lowest BCUT2D eigenvalue weighted by Gasteiger charge is -2.11. The van der Waals surface area contributed by atoms with Crippen molar-refractivity contribution in [2.75, 3.05) is 5.32 Å². The maximum atomic E-state index is 12.3. The predicted molar refractivity (Wildman–Crippen MR) is 94.8 cm³/mol. The van der Waals surface area contributed by atoms with Crippen LogP contribution in [-0.4, -0.2) is 26.3 Å². The number of carbonyl (C=O) groups is 1. The fourth-order valence-corrected chi connectivity index (χ4v) is 3.35. The summed E-state index contributed by atoms with van der Waals surface area (Å²) in [5.41, 5.74) is 0.938. The Morgan fingerprint density at radius 1 is 1.38 bits per heavy atom. The number of nitriles is 1. The molecule has 0 aliphatic heterocycles. The van der Waals surface area contributed by atoms with E-state index in [0.717, 1.165) is 4.88 Å². The Labute approximate surface area is 146 Å². The number of thiophene rings is 1. The van der Waals surface area contributed by atoms with Gasteiger partial charge >= 0.3 is 0 Å². The molecule has 0 spiro atoms. The standard InChI is InChI=1S/C16H13N5OS2/c1-10(15(22)18-12-6-3-2-5-11(12)9-17)24-16-19-14(20-21-16)13-7-4-8-23-13/h2-8,10H,1H3,(H,18,22)(H,19,20,21). The highest BCUT2D eigenvalue weighted by Crippen LogP contribution is 2.26. The molecular formula is C16H13N5OS2. The summed E-state index contributed by atoms with van der Waals surface area (Å²) >= 11 is 2.83. The molecule has 0 fully saturated rings. The molecule has 3 aromatic rings. The van der Waals surface area contributed by atoms with E-state index in [1.807, 2.05) is 17.5 Å². The first-order valence-corrected chi connectivity index (χ1v) is 8.86. The molecule has 3 rings (SSSR count). The first kappa shape index (κ1) is 16.2. The number of hydrogen-bond donors (Lipinski definition) is 2. The maximum absolute atomic E-state index is 12.3. The van der Waals surface area contributed by atoms with E-state index in [-0.39, 0.29) is 5.91 Å². The number of anilines is 1. The number of benzene rings is 1. The van der Waals surface area contributed by atoms with Crippen molar-refractivity contribution in [1.82, 2.24) is 15.2 Å². The summed E-state index contributed by atoms with van der Waals surface area (Å²) in [6.45, 7) is 1.77. The summed E-state index contributed by atoms with van der Waals surface area (Å²) in [6, 6.07) is 12.9. The molecule has 1 unspecified atom stereocenters. The van der Waals surface area contributed by atoms with Gasteiger partial charge in [-0.25, -0.2) is 4.98 Å². The van der Waals surface area contributed by atoms with Gasteiger partial charge < -0.3 is 5.32 Å². The fraction of sp³-hybridized carbons (Fsp3) is 0.125. The van der Waals surface area contributed by atoms with Crippen LogP contribution in [0.5, 0.6) is 0 Å². The Morgan fingerprint density at radius 2 is 2.21 bits per heavy atom. The Kier molecular flexibility index (Phi) is 4.93. The van der Waals surface area contributed by atoms with E-state index >= 15 is 0 Å². The van der Waals surface area contributed by atoms with Gasteiger partial charge in [-0.2, -0.15) is 5.26 Å². The molecule has 1 atom stereocenters. The molecule has 0 aliphatic carbocycles. The van der Waals surface area contributed by atoms with E-state index in [2.05, 4.69) is 26.6 Å². The Balaban J connectivity index is 1.65. The molecule has 0 radical (unpaired) electrons. The molecule has 0 bridgehead atoms. The van der Waals surface area contributed by atoms with Crippen LogP contribution in [0, 0.1) is 11.3 Å². The van der Waals surface area contributed by atoms with Crippen LogP contribution in [0.1, 0.15) is 12.5 Å². The van der Waals surface area contributed by atoms with Crippen molar-refractivity contribution in [3.63, 3.8) is 0 Å². The zero-order valence-electron chi connectivity index (χ0n) is 12.7. The molecule has 120 valence electrons. The first-order valence-electron chi connectivity index (χ1n) is 7.10. The number of aromatic amines is 1. The van der Waals surface area contributed by atoms with E-state index < -0.39 is 5.25 Å². The summed E-state index contributed by atoms with van der Waals surface area (Å²) in [4.78, 5) is 17.7. The number of H-pyrrole nitrogens is 1. The Hall–Kier alpha value is -2.63. The first-order chi connectivity index (χ1) is 11.7. The van der Waals surface area contributed by atoms with Crippen molar-refractivity contribution < 1.29 is 4.79 Å². The highest BCUT2D eigenvalue weighted by Gasteiger charge is 2.18. The average molecular weight is 355 g/mol. The number of amides is 1. The molecule has 0 aliphatic rings. The second kappa shape index (κ2) is 7.29. The van der Waals surface area contributed by atoms with Gasteiger partial charge in [-0.1, -0.05) is 30.0 Å². The predicted octanol–water partition coefficient (Wildman–Crippen LogP) is 3.52. The third-order valence-corrected chi connectivity index (χ3v) is 5.01. The monoisotopic (exact) mass is 355 g/mol. The molecule has 1 amide bonds. The summed E-state index contributed by atoms with van der Waals surface area (Å²) in [5.74, 6) is 0.486. The lowest BCUT2D eigenvalue weighted by molar-refractivity contribution is -0.115. The van der Waals surface area contributed by atoms with Crippen molar-refractivity contribution in [3.8, 4) is 16.8 Å². The highest BCUT2D eigenvalue weighted by molar-refractivity contribution is 8.00. The van der Waals surface area contributed by atoms with Gasteiger partial charge in [0, 0.05) is 0 Å². The van der Waals surface area contributed by atoms with Gasteiger partial charge in [0.25, 0.3) is 0 Å². The molecule has 24 heavy (non-hydrogen) atoms. The van der Waals surface area contributed by atoms with Gasteiger partial charge in [0.1, 0.15) is 6.07 Å². The normalized spacial score (nSPS) is 11.7. The lowest BCUT2D eigenvalue weighted by Crippen LogP contribution is -2.23. The van der Waals surface area contributed by atoms with Crippen molar-refractivity contribution in [1.29, 1.82) is 5.26 Å². The zero-order chi connectivity index (χ0) is 16.9. The molecule has 0 saturated heterocycles. The number of nitrogens with zero attached hydrogens (tertiary/aromatic N) is 3. The number of rotatable bonds is 5. The van der Waals surface area contributed by atoms with Crippen molar-refractivity contribution in [3.05, 3.63) is 47.3 Å². The van der Waals surface area contributed by atoms with Gasteiger partial charge in [0.15, 0.2) is 5.82 Å². The minimum absolute atomic E-state index is 0.204. The van der Waals surface area contributed by atoms with E-state index in [9.17, 15) is 4.79 Å².